The van der Waals surface area contributed by atoms with Crippen molar-refractivity contribution in [3.05, 3.63) is 23.8 Å². The van der Waals surface area contributed by atoms with Crippen LogP contribution in [0.15, 0.2) is 18.3 Å². The van der Waals surface area contributed by atoms with Crippen molar-refractivity contribution in [2.24, 2.45) is 0 Å². The van der Waals surface area contributed by atoms with Gasteiger partial charge in [0.25, 0.3) is 0 Å². The van der Waals surface area contributed by atoms with E-state index in [1.807, 2.05) is 5.32 Å². The smallest absolute Gasteiger partial charge is 0.409 e. The van der Waals surface area contributed by atoms with Crippen LogP contribution < -0.4 is 10.8 Å². The zero-order valence-electron chi connectivity index (χ0n) is 5.98. The molecule has 12 heavy (non-hydrogen) atoms. The Hall–Kier alpha value is -1.98. The van der Waals surface area contributed by atoms with E-state index in [4.69, 9.17) is 15.7 Å². The molecule has 4 N–H and O–H groups in total. The SMILES string of the molecule is N=c1c(NC(=O)O)cccn1O. The second-order valence-corrected chi connectivity index (χ2v) is 2.05. The van der Waals surface area contributed by atoms with E-state index in [0.29, 0.717) is 4.73 Å². The summed E-state index contributed by atoms with van der Waals surface area (Å²) in [7, 11) is 0. The van der Waals surface area contributed by atoms with Crippen molar-refractivity contribution in [3.63, 3.8) is 0 Å². The predicted octanol–water partition coefficient (Wildman–Crippen LogP) is 0.295. The van der Waals surface area contributed by atoms with Crippen LogP contribution in [0.3, 0.4) is 0 Å². The van der Waals surface area contributed by atoms with Gasteiger partial charge in [-0.25, -0.2) is 4.79 Å². The topological polar surface area (TPSA) is 98.3 Å². The highest BCUT2D eigenvalue weighted by Crippen LogP contribution is 1.95. The van der Waals surface area contributed by atoms with Crippen LogP contribution in [0.25, 0.3) is 0 Å². The third-order valence-corrected chi connectivity index (χ3v) is 1.22. The Kier molecular flexibility index (Phi) is 2.00. The number of rotatable bonds is 1. The van der Waals surface area contributed by atoms with Gasteiger partial charge in [0.15, 0.2) is 5.49 Å². The first kappa shape index (κ1) is 8.12. The summed E-state index contributed by atoms with van der Waals surface area (Å²) < 4.78 is 0.519. The number of aromatic nitrogens is 1. The molecule has 0 radical (unpaired) electrons. The molecule has 0 spiro atoms. The Balaban J connectivity index is 3.09. The molecule has 0 aromatic carbocycles. The van der Waals surface area contributed by atoms with Gasteiger partial charge in [0, 0.05) is 6.20 Å². The maximum absolute atomic E-state index is 10.1. The van der Waals surface area contributed by atoms with Gasteiger partial charge in [-0.15, -0.1) is 0 Å². The first-order valence-corrected chi connectivity index (χ1v) is 3.06. The maximum Gasteiger partial charge on any atom is 0.409 e. The Labute approximate surface area is 67.2 Å². The molecule has 0 bridgehead atoms. The minimum absolute atomic E-state index is 0.0347. The molecule has 6 heteroatoms. The largest absolute Gasteiger partial charge is 0.465 e. The van der Waals surface area contributed by atoms with Gasteiger partial charge < -0.3 is 10.3 Å². The molecule has 0 aliphatic heterocycles. The zero-order chi connectivity index (χ0) is 9.14. The number of carbonyl (C=O) groups is 1. The lowest BCUT2D eigenvalue weighted by molar-refractivity contribution is 0.171. The summed E-state index contributed by atoms with van der Waals surface area (Å²) >= 11 is 0. The summed E-state index contributed by atoms with van der Waals surface area (Å²) in [6.45, 7) is 0. The van der Waals surface area contributed by atoms with E-state index in [0.717, 1.165) is 0 Å². The predicted molar refractivity (Wildman–Crippen MR) is 39.1 cm³/mol. The third kappa shape index (κ3) is 1.54. The highest BCUT2D eigenvalue weighted by molar-refractivity contribution is 5.82. The maximum atomic E-state index is 10.1. The second-order valence-electron chi connectivity index (χ2n) is 2.05. The molecule has 0 saturated carbocycles. The van der Waals surface area contributed by atoms with E-state index in [2.05, 4.69) is 0 Å². The lowest BCUT2D eigenvalue weighted by atomic mass is 10.4. The molecule has 0 aliphatic rings. The van der Waals surface area contributed by atoms with Crippen LogP contribution in [0.5, 0.6) is 0 Å². The number of carboxylic acid groups (broad SMARTS) is 1. The normalized spacial score (nSPS) is 9.33. The van der Waals surface area contributed by atoms with Crippen LogP contribution in [-0.2, 0) is 0 Å². The van der Waals surface area contributed by atoms with Crippen molar-refractivity contribution in [3.8, 4) is 0 Å². The summed E-state index contributed by atoms with van der Waals surface area (Å²) in [5.74, 6) is 0. The molecule has 1 rings (SSSR count). The van der Waals surface area contributed by atoms with Crippen molar-refractivity contribution < 1.29 is 15.1 Å². The fourth-order valence-electron chi connectivity index (χ4n) is 0.714. The number of hydrogen-bond donors (Lipinski definition) is 4. The zero-order valence-corrected chi connectivity index (χ0v) is 5.98. The van der Waals surface area contributed by atoms with Gasteiger partial charge in [-0.1, -0.05) is 0 Å². The van der Waals surface area contributed by atoms with E-state index >= 15 is 0 Å². The molecule has 0 saturated heterocycles. The van der Waals surface area contributed by atoms with Crippen LogP contribution in [-0.4, -0.2) is 21.1 Å². The molecule has 0 fully saturated rings. The van der Waals surface area contributed by atoms with E-state index in [-0.39, 0.29) is 11.2 Å². The highest BCUT2D eigenvalue weighted by Gasteiger charge is 2.00. The summed E-state index contributed by atoms with van der Waals surface area (Å²) in [5, 5.41) is 26.3. The average Bonchev–Trinajstić information content (AvgIpc) is 1.98. The Morgan fingerprint density at radius 1 is 1.67 bits per heavy atom. The summed E-state index contributed by atoms with van der Waals surface area (Å²) in [5.41, 5.74) is -0.271. The van der Waals surface area contributed by atoms with E-state index < -0.39 is 6.09 Å². The molecule has 1 heterocycles. The van der Waals surface area contributed by atoms with Crippen molar-refractivity contribution in [1.82, 2.24) is 4.73 Å². The number of nitrogens with one attached hydrogen (secondary N) is 2. The second kappa shape index (κ2) is 2.95. The monoisotopic (exact) mass is 169 g/mol. The van der Waals surface area contributed by atoms with Gasteiger partial charge in [0.05, 0.1) is 5.69 Å². The van der Waals surface area contributed by atoms with Gasteiger partial charge in [-0.2, -0.15) is 4.73 Å². The molecule has 0 atom stereocenters. The van der Waals surface area contributed by atoms with Gasteiger partial charge in [-0.05, 0) is 12.1 Å². The van der Waals surface area contributed by atoms with E-state index in [1.165, 1.54) is 18.3 Å². The molecule has 64 valence electrons. The molecular weight excluding hydrogens is 162 g/mol. The van der Waals surface area contributed by atoms with Crippen LogP contribution in [0.2, 0.25) is 0 Å². The lowest BCUT2D eigenvalue weighted by Gasteiger charge is -2.02. The third-order valence-electron chi connectivity index (χ3n) is 1.22. The quantitative estimate of drug-likeness (QED) is 0.455. The molecule has 1 amide bonds. The number of anilines is 1. The van der Waals surface area contributed by atoms with Gasteiger partial charge in [-0.3, -0.25) is 10.7 Å². The number of pyridine rings is 1. The molecule has 0 unspecified atom stereocenters. The Morgan fingerprint density at radius 3 is 2.92 bits per heavy atom. The minimum Gasteiger partial charge on any atom is -0.465 e. The highest BCUT2D eigenvalue weighted by atomic mass is 16.5. The fourth-order valence-corrected chi connectivity index (χ4v) is 0.714. The van der Waals surface area contributed by atoms with Crippen molar-refractivity contribution in [1.29, 1.82) is 5.41 Å². The number of hydrogen-bond acceptors (Lipinski definition) is 3. The summed E-state index contributed by atoms with van der Waals surface area (Å²) in [4.78, 5) is 10.1. The van der Waals surface area contributed by atoms with Crippen molar-refractivity contribution >= 4 is 11.8 Å². The fraction of sp³-hybridized carbons (Fsp3) is 0. The first-order valence-electron chi connectivity index (χ1n) is 3.06. The van der Waals surface area contributed by atoms with E-state index in [9.17, 15) is 4.79 Å². The van der Waals surface area contributed by atoms with Crippen molar-refractivity contribution in [2.75, 3.05) is 5.32 Å². The Morgan fingerprint density at radius 2 is 2.33 bits per heavy atom. The van der Waals surface area contributed by atoms with Crippen LogP contribution in [0.1, 0.15) is 0 Å². The number of nitrogens with zero attached hydrogens (tertiary/aromatic N) is 1. The van der Waals surface area contributed by atoms with Crippen LogP contribution in [0.4, 0.5) is 10.5 Å². The Bertz CT molecular complexity index is 357. The van der Waals surface area contributed by atoms with Crippen molar-refractivity contribution in [2.45, 2.75) is 0 Å². The lowest BCUT2D eigenvalue weighted by Crippen LogP contribution is -2.23. The first-order chi connectivity index (χ1) is 5.61. The standard InChI is InChI=1S/C6H7N3O3/c7-5-4(8-6(10)11)2-1-3-9(5)12/h1-3,7-8,12H,(H,10,11). The summed E-state index contributed by atoms with van der Waals surface area (Å²) in [6, 6.07) is 2.80. The summed E-state index contributed by atoms with van der Waals surface area (Å²) in [6.07, 6.45) is -0.0373. The average molecular weight is 169 g/mol. The molecular formula is C6H7N3O3. The van der Waals surface area contributed by atoms with Crippen LogP contribution >= 0.6 is 0 Å². The van der Waals surface area contributed by atoms with Gasteiger partial charge in [0.1, 0.15) is 0 Å². The van der Waals surface area contributed by atoms with E-state index in [1.54, 1.807) is 0 Å². The van der Waals surface area contributed by atoms with Gasteiger partial charge >= 0.3 is 6.09 Å². The molecule has 1 aromatic heterocycles. The molecule has 1 aromatic rings. The van der Waals surface area contributed by atoms with Crippen LogP contribution in [0, 0.1) is 5.41 Å². The molecule has 0 aliphatic carbocycles. The number of amides is 1. The minimum atomic E-state index is -1.27. The van der Waals surface area contributed by atoms with Gasteiger partial charge in [0.2, 0.25) is 0 Å². The molecule has 6 nitrogen and oxygen atoms in total.